The molecule has 1 N–H and O–H groups in total. The third-order valence-corrected chi connectivity index (χ3v) is 2.81. The van der Waals surface area contributed by atoms with Crippen LogP contribution in [0, 0.1) is 15.9 Å². The van der Waals surface area contributed by atoms with Gasteiger partial charge in [0.1, 0.15) is 11.5 Å². The SMILES string of the molecule is O=C(Nc1ccc(F)cc1[N+](=O)[O-])c1cncc(Br)c1. The Morgan fingerprint density at radius 1 is 1.35 bits per heavy atom. The molecule has 2 aromatic rings. The molecule has 8 heteroatoms. The van der Waals surface area contributed by atoms with Crippen molar-refractivity contribution in [2.45, 2.75) is 0 Å². The van der Waals surface area contributed by atoms with Gasteiger partial charge in [-0.1, -0.05) is 0 Å². The Kier molecular flexibility index (Phi) is 4.04. The molecule has 1 aromatic heterocycles. The number of hydrogen-bond acceptors (Lipinski definition) is 4. The number of rotatable bonds is 3. The van der Waals surface area contributed by atoms with Crippen molar-refractivity contribution in [3.8, 4) is 0 Å². The van der Waals surface area contributed by atoms with Crippen molar-refractivity contribution in [2.75, 3.05) is 5.32 Å². The Balaban J connectivity index is 2.30. The highest BCUT2D eigenvalue weighted by molar-refractivity contribution is 9.10. The van der Waals surface area contributed by atoms with Gasteiger partial charge in [0.15, 0.2) is 0 Å². The van der Waals surface area contributed by atoms with Crippen LogP contribution in [-0.2, 0) is 0 Å². The second-order valence-corrected chi connectivity index (χ2v) is 4.68. The minimum Gasteiger partial charge on any atom is -0.316 e. The lowest BCUT2D eigenvalue weighted by molar-refractivity contribution is -0.384. The summed E-state index contributed by atoms with van der Waals surface area (Å²) in [5.74, 6) is -1.33. The monoisotopic (exact) mass is 339 g/mol. The normalized spacial score (nSPS) is 10.1. The average Bonchev–Trinajstić information content (AvgIpc) is 2.40. The Hall–Kier alpha value is -2.35. The van der Waals surface area contributed by atoms with Crippen molar-refractivity contribution in [2.24, 2.45) is 0 Å². The summed E-state index contributed by atoms with van der Waals surface area (Å²) >= 11 is 3.16. The Labute approximate surface area is 120 Å². The van der Waals surface area contributed by atoms with Gasteiger partial charge < -0.3 is 5.32 Å². The number of amides is 1. The minimum absolute atomic E-state index is 0.0821. The molecule has 0 aliphatic carbocycles. The molecular weight excluding hydrogens is 333 g/mol. The van der Waals surface area contributed by atoms with Crippen molar-refractivity contribution in [3.05, 3.63) is 62.6 Å². The van der Waals surface area contributed by atoms with E-state index in [0.717, 1.165) is 18.2 Å². The number of aromatic nitrogens is 1. The second kappa shape index (κ2) is 5.74. The summed E-state index contributed by atoms with van der Waals surface area (Å²) < 4.78 is 13.6. The van der Waals surface area contributed by atoms with Crippen molar-refractivity contribution >= 4 is 33.2 Å². The highest BCUT2D eigenvalue weighted by atomic mass is 79.9. The zero-order valence-corrected chi connectivity index (χ0v) is 11.4. The fourth-order valence-corrected chi connectivity index (χ4v) is 1.86. The van der Waals surface area contributed by atoms with Gasteiger partial charge in [-0.25, -0.2) is 4.39 Å². The van der Waals surface area contributed by atoms with Crippen molar-refractivity contribution in [3.63, 3.8) is 0 Å². The number of nitro groups is 1. The van der Waals surface area contributed by atoms with Crippen LogP contribution >= 0.6 is 15.9 Å². The first-order valence-electron chi connectivity index (χ1n) is 5.33. The van der Waals surface area contributed by atoms with Gasteiger partial charge in [0.05, 0.1) is 16.6 Å². The third kappa shape index (κ3) is 3.15. The summed E-state index contributed by atoms with van der Waals surface area (Å²) in [6.07, 6.45) is 2.81. The molecular formula is C12H7BrFN3O3. The molecule has 0 bridgehead atoms. The van der Waals surface area contributed by atoms with Crippen LogP contribution in [-0.4, -0.2) is 15.8 Å². The number of halogens is 2. The first-order valence-corrected chi connectivity index (χ1v) is 6.12. The minimum atomic E-state index is -0.766. The predicted octanol–water partition coefficient (Wildman–Crippen LogP) is 3.14. The van der Waals surface area contributed by atoms with Crippen molar-refractivity contribution in [1.82, 2.24) is 4.98 Å². The maximum Gasteiger partial charge on any atom is 0.295 e. The predicted molar refractivity (Wildman–Crippen MR) is 72.9 cm³/mol. The van der Waals surface area contributed by atoms with Gasteiger partial charge in [-0.05, 0) is 34.1 Å². The maximum atomic E-state index is 13.0. The molecule has 0 spiro atoms. The molecule has 6 nitrogen and oxygen atoms in total. The topological polar surface area (TPSA) is 85.1 Å². The standard InChI is InChI=1S/C12H7BrFN3O3/c13-8-3-7(5-15-6-8)12(18)16-10-2-1-9(14)4-11(10)17(19)20/h1-6H,(H,16,18). The summed E-state index contributed by atoms with van der Waals surface area (Å²) in [5, 5.41) is 13.2. The number of nitro benzene ring substituents is 1. The summed E-state index contributed by atoms with van der Waals surface area (Å²) in [6.45, 7) is 0. The maximum absolute atomic E-state index is 13.0. The quantitative estimate of drug-likeness (QED) is 0.687. The molecule has 1 aromatic carbocycles. The lowest BCUT2D eigenvalue weighted by Crippen LogP contribution is -2.13. The Morgan fingerprint density at radius 3 is 2.75 bits per heavy atom. The average molecular weight is 340 g/mol. The van der Waals surface area contributed by atoms with E-state index in [4.69, 9.17) is 0 Å². The van der Waals surface area contributed by atoms with E-state index >= 15 is 0 Å². The van der Waals surface area contributed by atoms with Crippen LogP contribution in [0.1, 0.15) is 10.4 Å². The highest BCUT2D eigenvalue weighted by Gasteiger charge is 2.17. The van der Waals surface area contributed by atoms with E-state index in [-0.39, 0.29) is 11.3 Å². The van der Waals surface area contributed by atoms with E-state index in [9.17, 15) is 19.3 Å². The summed E-state index contributed by atoms with van der Waals surface area (Å²) in [5.41, 5.74) is -0.374. The van der Waals surface area contributed by atoms with E-state index in [1.165, 1.54) is 18.5 Å². The first kappa shape index (κ1) is 14.1. The molecule has 0 unspecified atom stereocenters. The van der Waals surface area contributed by atoms with Crippen LogP contribution in [0.4, 0.5) is 15.8 Å². The number of carbonyl (C=O) groups excluding carboxylic acids is 1. The fraction of sp³-hybridized carbons (Fsp3) is 0. The van der Waals surface area contributed by atoms with Crippen LogP contribution in [0.5, 0.6) is 0 Å². The van der Waals surface area contributed by atoms with Crippen LogP contribution in [0.3, 0.4) is 0 Å². The molecule has 0 atom stereocenters. The zero-order chi connectivity index (χ0) is 14.7. The third-order valence-electron chi connectivity index (χ3n) is 2.37. The Morgan fingerprint density at radius 2 is 2.10 bits per heavy atom. The van der Waals surface area contributed by atoms with E-state index < -0.39 is 22.3 Å². The van der Waals surface area contributed by atoms with Crippen LogP contribution in [0.25, 0.3) is 0 Å². The van der Waals surface area contributed by atoms with Gasteiger partial charge in [0.2, 0.25) is 0 Å². The van der Waals surface area contributed by atoms with Gasteiger partial charge in [0, 0.05) is 16.9 Å². The van der Waals surface area contributed by atoms with E-state index in [0.29, 0.717) is 4.47 Å². The van der Waals surface area contributed by atoms with Gasteiger partial charge in [-0.15, -0.1) is 0 Å². The van der Waals surface area contributed by atoms with Crippen LogP contribution in [0.2, 0.25) is 0 Å². The molecule has 0 saturated heterocycles. The molecule has 1 heterocycles. The van der Waals surface area contributed by atoms with E-state index in [2.05, 4.69) is 26.2 Å². The lowest BCUT2D eigenvalue weighted by Gasteiger charge is -2.06. The molecule has 20 heavy (non-hydrogen) atoms. The molecule has 0 fully saturated rings. The first-order chi connectivity index (χ1) is 9.47. The molecule has 0 aliphatic heterocycles. The summed E-state index contributed by atoms with van der Waals surface area (Å²) in [6, 6.07) is 4.42. The second-order valence-electron chi connectivity index (χ2n) is 3.76. The van der Waals surface area contributed by atoms with E-state index in [1.54, 1.807) is 0 Å². The molecule has 102 valence electrons. The number of anilines is 1. The van der Waals surface area contributed by atoms with Gasteiger partial charge in [-0.2, -0.15) is 0 Å². The number of nitrogens with one attached hydrogen (secondary N) is 1. The van der Waals surface area contributed by atoms with Crippen LogP contribution < -0.4 is 5.32 Å². The number of nitrogens with zero attached hydrogens (tertiary/aromatic N) is 2. The van der Waals surface area contributed by atoms with Crippen molar-refractivity contribution in [1.29, 1.82) is 0 Å². The molecule has 0 radical (unpaired) electrons. The number of benzene rings is 1. The zero-order valence-electron chi connectivity index (χ0n) is 9.84. The molecule has 2 rings (SSSR count). The smallest absolute Gasteiger partial charge is 0.295 e. The van der Waals surface area contributed by atoms with Gasteiger partial charge in [-0.3, -0.25) is 19.9 Å². The largest absolute Gasteiger partial charge is 0.316 e. The molecule has 1 amide bonds. The van der Waals surface area contributed by atoms with Gasteiger partial charge >= 0.3 is 0 Å². The van der Waals surface area contributed by atoms with Gasteiger partial charge in [0.25, 0.3) is 11.6 Å². The lowest BCUT2D eigenvalue weighted by atomic mass is 10.2. The Bertz CT molecular complexity index is 693. The van der Waals surface area contributed by atoms with Crippen LogP contribution in [0.15, 0.2) is 41.1 Å². The van der Waals surface area contributed by atoms with E-state index in [1.807, 2.05) is 0 Å². The highest BCUT2D eigenvalue weighted by Crippen LogP contribution is 2.25. The fourth-order valence-electron chi connectivity index (χ4n) is 1.49. The number of pyridine rings is 1. The summed E-state index contributed by atoms with van der Waals surface area (Å²) in [7, 11) is 0. The van der Waals surface area contributed by atoms with Crippen molar-refractivity contribution < 1.29 is 14.1 Å². The number of hydrogen-bond donors (Lipinski definition) is 1. The summed E-state index contributed by atoms with van der Waals surface area (Å²) in [4.78, 5) is 25.8. The molecule has 0 aliphatic rings. The molecule has 0 saturated carbocycles. The number of carbonyl (C=O) groups is 1.